The Morgan fingerprint density at radius 3 is 1.91 bits per heavy atom. The lowest BCUT2D eigenvalue weighted by Crippen LogP contribution is -2.11. The zero-order chi connectivity index (χ0) is 30.9. The molecule has 0 bridgehead atoms. The zero-order valence-electron chi connectivity index (χ0n) is 25.4. The third kappa shape index (κ3) is 3.93. The fourth-order valence-corrected chi connectivity index (χ4v) is 7.34. The molecule has 0 N–H and O–H groups in total. The summed E-state index contributed by atoms with van der Waals surface area (Å²) in [6.07, 6.45) is 0. The smallest absolute Gasteiger partial charge is 0.143 e. The second kappa shape index (κ2) is 10.1. The molecule has 3 nitrogen and oxygen atoms in total. The van der Waals surface area contributed by atoms with Crippen LogP contribution in [0.5, 0.6) is 0 Å². The summed E-state index contributed by atoms with van der Waals surface area (Å²) in [5.74, 6) is 0. The standard InChI is InChI=1S/C44H27NO2/c1-3-14-31-28(11-1)13-9-20-38(31)45(30-24-26-41-37(27-30)34-17-6-8-21-40(34)46-41)39-19-7-5-16-33(39)35-18-10-22-42-43(35)36-25-23-29-12-2-4-15-32(29)44(36)47-42/h1-27H. The first-order valence-corrected chi connectivity index (χ1v) is 15.9. The molecule has 0 saturated carbocycles. The number of fused-ring (bicyclic) bond motifs is 9. The van der Waals surface area contributed by atoms with E-state index >= 15 is 0 Å². The number of benzene rings is 8. The third-order valence-electron chi connectivity index (χ3n) is 9.45. The van der Waals surface area contributed by atoms with Crippen molar-refractivity contribution in [2.45, 2.75) is 0 Å². The van der Waals surface area contributed by atoms with Crippen LogP contribution in [0, 0.1) is 0 Å². The maximum Gasteiger partial charge on any atom is 0.143 e. The molecule has 2 heterocycles. The Balaban J connectivity index is 1.28. The van der Waals surface area contributed by atoms with Gasteiger partial charge in [0.05, 0.1) is 11.4 Å². The lowest BCUT2D eigenvalue weighted by molar-refractivity contribution is 0.669. The topological polar surface area (TPSA) is 29.5 Å². The van der Waals surface area contributed by atoms with E-state index in [4.69, 9.17) is 8.83 Å². The Kier molecular flexibility index (Phi) is 5.57. The molecule has 0 atom stereocenters. The minimum atomic E-state index is 0.878. The van der Waals surface area contributed by atoms with Crippen molar-refractivity contribution in [3.8, 4) is 11.1 Å². The number of furan rings is 2. The summed E-state index contributed by atoms with van der Waals surface area (Å²) in [5, 5.41) is 9.11. The third-order valence-corrected chi connectivity index (χ3v) is 9.45. The first kappa shape index (κ1) is 26.0. The van der Waals surface area contributed by atoms with Crippen LogP contribution in [-0.2, 0) is 0 Å². The van der Waals surface area contributed by atoms with E-state index in [1.165, 1.54) is 16.2 Å². The van der Waals surface area contributed by atoms with Crippen LogP contribution in [0.25, 0.3) is 76.5 Å². The van der Waals surface area contributed by atoms with Gasteiger partial charge in [-0.15, -0.1) is 0 Å². The van der Waals surface area contributed by atoms with E-state index in [1.54, 1.807) is 0 Å². The van der Waals surface area contributed by atoms with E-state index in [2.05, 4.69) is 157 Å². The molecule has 0 fully saturated rings. The van der Waals surface area contributed by atoms with Gasteiger partial charge in [-0.05, 0) is 64.9 Å². The largest absolute Gasteiger partial charge is 0.456 e. The molecule has 0 aliphatic heterocycles. The maximum absolute atomic E-state index is 6.61. The summed E-state index contributed by atoms with van der Waals surface area (Å²) in [6.45, 7) is 0. The normalized spacial score (nSPS) is 11.8. The number of rotatable bonds is 4. The molecular formula is C44H27NO2. The molecule has 2 aromatic heterocycles. The highest BCUT2D eigenvalue weighted by Crippen LogP contribution is 2.47. The molecule has 0 amide bonds. The molecule has 220 valence electrons. The van der Waals surface area contributed by atoms with Crippen molar-refractivity contribution >= 4 is 82.5 Å². The molecular weight excluding hydrogens is 574 g/mol. The van der Waals surface area contributed by atoms with Gasteiger partial charge < -0.3 is 13.7 Å². The molecule has 0 radical (unpaired) electrons. The van der Waals surface area contributed by atoms with E-state index in [1.807, 2.05) is 12.1 Å². The van der Waals surface area contributed by atoms with Crippen LogP contribution < -0.4 is 4.90 Å². The van der Waals surface area contributed by atoms with Crippen molar-refractivity contribution in [2.24, 2.45) is 0 Å². The van der Waals surface area contributed by atoms with Crippen LogP contribution in [0.1, 0.15) is 0 Å². The van der Waals surface area contributed by atoms with Gasteiger partial charge in [0.15, 0.2) is 0 Å². The minimum absolute atomic E-state index is 0.878. The van der Waals surface area contributed by atoms with Gasteiger partial charge in [-0.2, -0.15) is 0 Å². The number of hydrogen-bond acceptors (Lipinski definition) is 3. The van der Waals surface area contributed by atoms with Crippen LogP contribution in [-0.4, -0.2) is 0 Å². The molecule has 0 spiro atoms. The maximum atomic E-state index is 6.61. The summed E-state index contributed by atoms with van der Waals surface area (Å²) in [6, 6.07) is 57.9. The predicted octanol–water partition coefficient (Wildman–Crippen LogP) is 12.9. The van der Waals surface area contributed by atoms with Crippen LogP contribution >= 0.6 is 0 Å². The second-order valence-electron chi connectivity index (χ2n) is 12.1. The Hall–Kier alpha value is -6.32. The van der Waals surface area contributed by atoms with Gasteiger partial charge >= 0.3 is 0 Å². The Labute approximate surface area is 270 Å². The first-order chi connectivity index (χ1) is 23.3. The second-order valence-corrected chi connectivity index (χ2v) is 12.1. The van der Waals surface area contributed by atoms with Crippen molar-refractivity contribution in [3.63, 3.8) is 0 Å². The predicted molar refractivity (Wildman–Crippen MR) is 196 cm³/mol. The summed E-state index contributed by atoms with van der Waals surface area (Å²) in [4.78, 5) is 2.40. The molecule has 3 heteroatoms. The van der Waals surface area contributed by atoms with Gasteiger partial charge in [-0.1, -0.05) is 115 Å². The highest BCUT2D eigenvalue weighted by molar-refractivity contribution is 6.20. The Bertz CT molecular complexity index is 2820. The molecule has 0 saturated heterocycles. The fourth-order valence-electron chi connectivity index (χ4n) is 7.34. The van der Waals surface area contributed by atoms with Gasteiger partial charge in [0.25, 0.3) is 0 Å². The lowest BCUT2D eigenvalue weighted by Gasteiger charge is -2.29. The van der Waals surface area contributed by atoms with Crippen molar-refractivity contribution < 1.29 is 8.83 Å². The number of anilines is 3. The summed E-state index contributed by atoms with van der Waals surface area (Å²) in [5.41, 5.74) is 9.08. The van der Waals surface area contributed by atoms with Crippen LogP contribution in [0.3, 0.4) is 0 Å². The molecule has 10 aromatic rings. The Morgan fingerprint density at radius 1 is 0.362 bits per heavy atom. The van der Waals surface area contributed by atoms with Crippen LogP contribution in [0.4, 0.5) is 17.1 Å². The van der Waals surface area contributed by atoms with Crippen LogP contribution in [0.2, 0.25) is 0 Å². The Morgan fingerprint density at radius 2 is 1.00 bits per heavy atom. The van der Waals surface area contributed by atoms with Gasteiger partial charge in [0, 0.05) is 43.6 Å². The molecule has 10 rings (SSSR count). The fraction of sp³-hybridized carbons (Fsp3) is 0. The SMILES string of the molecule is c1ccc(N(c2ccc3oc4ccccc4c3c2)c2cccc3ccccc23)c(-c2cccc3oc4c5ccccc5ccc4c23)c1. The van der Waals surface area contributed by atoms with E-state index in [0.717, 1.165) is 77.5 Å². The number of para-hydroxylation sites is 2. The van der Waals surface area contributed by atoms with E-state index in [-0.39, 0.29) is 0 Å². The summed E-state index contributed by atoms with van der Waals surface area (Å²) < 4.78 is 12.9. The highest BCUT2D eigenvalue weighted by Gasteiger charge is 2.22. The van der Waals surface area contributed by atoms with Crippen molar-refractivity contribution in [2.75, 3.05) is 4.90 Å². The quantitative estimate of drug-likeness (QED) is 0.201. The average Bonchev–Trinajstić information content (AvgIpc) is 3.71. The minimum Gasteiger partial charge on any atom is -0.456 e. The highest BCUT2D eigenvalue weighted by atomic mass is 16.3. The van der Waals surface area contributed by atoms with Gasteiger partial charge in [0.2, 0.25) is 0 Å². The van der Waals surface area contributed by atoms with Gasteiger partial charge in [-0.3, -0.25) is 0 Å². The monoisotopic (exact) mass is 601 g/mol. The van der Waals surface area contributed by atoms with E-state index < -0.39 is 0 Å². The number of hydrogen-bond donors (Lipinski definition) is 0. The molecule has 0 aliphatic rings. The summed E-state index contributed by atoms with van der Waals surface area (Å²) in [7, 11) is 0. The van der Waals surface area contributed by atoms with E-state index in [0.29, 0.717) is 0 Å². The molecule has 0 aliphatic carbocycles. The summed E-state index contributed by atoms with van der Waals surface area (Å²) >= 11 is 0. The number of nitrogens with zero attached hydrogens (tertiary/aromatic N) is 1. The van der Waals surface area contributed by atoms with E-state index in [9.17, 15) is 0 Å². The van der Waals surface area contributed by atoms with Crippen molar-refractivity contribution in [1.29, 1.82) is 0 Å². The molecule has 0 unspecified atom stereocenters. The van der Waals surface area contributed by atoms with Crippen molar-refractivity contribution in [1.82, 2.24) is 0 Å². The molecule has 8 aromatic carbocycles. The average molecular weight is 602 g/mol. The lowest BCUT2D eigenvalue weighted by atomic mass is 9.95. The van der Waals surface area contributed by atoms with Crippen LogP contribution in [0.15, 0.2) is 173 Å². The first-order valence-electron chi connectivity index (χ1n) is 15.9. The van der Waals surface area contributed by atoms with Gasteiger partial charge in [0.1, 0.15) is 22.3 Å². The van der Waals surface area contributed by atoms with Crippen molar-refractivity contribution in [3.05, 3.63) is 164 Å². The molecule has 47 heavy (non-hydrogen) atoms. The van der Waals surface area contributed by atoms with Gasteiger partial charge in [-0.25, -0.2) is 0 Å². The zero-order valence-corrected chi connectivity index (χ0v) is 25.4.